The number of carbonyl (C=O) groups is 2. The van der Waals surface area contributed by atoms with Crippen LogP contribution in [0.3, 0.4) is 0 Å². The molecule has 174 valence electrons. The molecule has 8 nitrogen and oxygen atoms in total. The molecule has 2 aliphatic heterocycles. The molecule has 1 saturated heterocycles. The average molecular weight is 453 g/mol. The van der Waals surface area contributed by atoms with Crippen molar-refractivity contribution >= 4 is 17.4 Å². The van der Waals surface area contributed by atoms with Gasteiger partial charge in [-0.25, -0.2) is 0 Å². The molecular formula is C25H27NO7. The third-order valence-electron chi connectivity index (χ3n) is 5.59. The summed E-state index contributed by atoms with van der Waals surface area (Å²) in [6.07, 6.45) is 0.551. The van der Waals surface area contributed by atoms with Crippen LogP contribution in [-0.2, 0) is 14.3 Å². The molecule has 2 aliphatic rings. The molecule has 1 N–H and O–H groups in total. The van der Waals surface area contributed by atoms with E-state index in [9.17, 15) is 14.7 Å². The average Bonchev–Trinajstić information content (AvgIpc) is 3.09. The lowest BCUT2D eigenvalue weighted by molar-refractivity contribution is -0.140. The molecule has 33 heavy (non-hydrogen) atoms. The third-order valence-corrected chi connectivity index (χ3v) is 5.59. The number of aliphatic hydroxyl groups is 1. The number of benzene rings is 2. The topological polar surface area (TPSA) is 94.5 Å². The van der Waals surface area contributed by atoms with Crippen molar-refractivity contribution in [1.29, 1.82) is 0 Å². The molecule has 0 aromatic heterocycles. The number of amides is 1. The highest BCUT2D eigenvalue weighted by atomic mass is 16.6. The zero-order valence-electron chi connectivity index (χ0n) is 18.7. The first-order chi connectivity index (χ1) is 16.0. The molecular weight excluding hydrogens is 426 g/mol. The molecule has 1 atom stereocenters. The first-order valence-electron chi connectivity index (χ1n) is 10.9. The summed E-state index contributed by atoms with van der Waals surface area (Å²) in [7, 11) is 1.58. The minimum atomic E-state index is -0.754. The van der Waals surface area contributed by atoms with Crippen LogP contribution in [0.2, 0.25) is 0 Å². The van der Waals surface area contributed by atoms with Crippen molar-refractivity contribution in [3.05, 3.63) is 59.2 Å². The normalized spacial score (nSPS) is 19.1. The van der Waals surface area contributed by atoms with Crippen LogP contribution < -0.4 is 14.2 Å². The van der Waals surface area contributed by atoms with Crippen molar-refractivity contribution in [1.82, 2.24) is 4.90 Å². The van der Waals surface area contributed by atoms with Gasteiger partial charge in [0.05, 0.1) is 18.2 Å². The zero-order chi connectivity index (χ0) is 23.4. The number of ketones is 1. The van der Waals surface area contributed by atoms with Gasteiger partial charge in [0.2, 0.25) is 0 Å². The summed E-state index contributed by atoms with van der Waals surface area (Å²) in [4.78, 5) is 27.6. The maximum Gasteiger partial charge on any atom is 0.295 e. The van der Waals surface area contributed by atoms with Gasteiger partial charge in [-0.1, -0.05) is 12.1 Å². The lowest BCUT2D eigenvalue weighted by Gasteiger charge is -2.25. The van der Waals surface area contributed by atoms with Crippen LogP contribution in [0, 0.1) is 0 Å². The number of carbonyl (C=O) groups excluding carboxylic acids is 2. The van der Waals surface area contributed by atoms with Crippen LogP contribution in [0.15, 0.2) is 48.0 Å². The number of nitrogens with zero attached hydrogens (tertiary/aromatic N) is 1. The van der Waals surface area contributed by atoms with Crippen molar-refractivity contribution in [2.24, 2.45) is 0 Å². The molecule has 0 aliphatic carbocycles. The van der Waals surface area contributed by atoms with Gasteiger partial charge in [-0.2, -0.15) is 0 Å². The summed E-state index contributed by atoms with van der Waals surface area (Å²) in [6, 6.07) is 11.4. The summed E-state index contributed by atoms with van der Waals surface area (Å²) in [5.41, 5.74) is 1.08. The smallest absolute Gasteiger partial charge is 0.295 e. The molecule has 4 rings (SSSR count). The maximum atomic E-state index is 13.1. The number of hydrogen-bond donors (Lipinski definition) is 1. The van der Waals surface area contributed by atoms with Crippen molar-refractivity contribution in [2.75, 3.05) is 40.1 Å². The van der Waals surface area contributed by atoms with Gasteiger partial charge in [0, 0.05) is 25.8 Å². The van der Waals surface area contributed by atoms with Crippen molar-refractivity contribution in [3.63, 3.8) is 0 Å². The van der Waals surface area contributed by atoms with Gasteiger partial charge >= 0.3 is 0 Å². The van der Waals surface area contributed by atoms with E-state index in [1.807, 2.05) is 19.1 Å². The van der Waals surface area contributed by atoms with E-state index < -0.39 is 17.7 Å². The Morgan fingerprint density at radius 2 is 1.91 bits per heavy atom. The van der Waals surface area contributed by atoms with E-state index in [4.69, 9.17) is 18.9 Å². The highest BCUT2D eigenvalue weighted by Gasteiger charge is 2.46. The minimum Gasteiger partial charge on any atom is -0.507 e. The van der Waals surface area contributed by atoms with Crippen LogP contribution in [0.25, 0.3) is 5.76 Å². The molecule has 0 unspecified atom stereocenters. The van der Waals surface area contributed by atoms with Crippen molar-refractivity contribution < 1.29 is 33.6 Å². The van der Waals surface area contributed by atoms with E-state index in [-0.39, 0.29) is 11.3 Å². The number of Topliss-reactive ketones (excluding diaryl/α,β-unsaturated/α-hetero) is 1. The second kappa shape index (κ2) is 9.95. The van der Waals surface area contributed by atoms with Gasteiger partial charge in [-0.3, -0.25) is 9.59 Å². The fourth-order valence-electron chi connectivity index (χ4n) is 4.12. The van der Waals surface area contributed by atoms with Gasteiger partial charge in [0.15, 0.2) is 11.5 Å². The molecule has 8 heteroatoms. The van der Waals surface area contributed by atoms with E-state index in [0.717, 1.165) is 0 Å². The Labute approximate surface area is 192 Å². The highest BCUT2D eigenvalue weighted by molar-refractivity contribution is 6.46. The van der Waals surface area contributed by atoms with Crippen LogP contribution >= 0.6 is 0 Å². The van der Waals surface area contributed by atoms with Gasteiger partial charge in [0.1, 0.15) is 24.7 Å². The van der Waals surface area contributed by atoms with Gasteiger partial charge in [-0.15, -0.1) is 0 Å². The lowest BCUT2D eigenvalue weighted by Crippen LogP contribution is -2.31. The summed E-state index contributed by atoms with van der Waals surface area (Å²) >= 11 is 0. The minimum absolute atomic E-state index is 0.0303. The number of methoxy groups -OCH3 is 1. The third kappa shape index (κ3) is 4.52. The van der Waals surface area contributed by atoms with E-state index in [1.54, 1.807) is 37.4 Å². The number of aliphatic hydroxyl groups excluding tert-OH is 1. The predicted molar refractivity (Wildman–Crippen MR) is 121 cm³/mol. The Morgan fingerprint density at radius 3 is 2.67 bits per heavy atom. The number of rotatable bonds is 8. The molecule has 1 fully saturated rings. The molecule has 0 saturated carbocycles. The fraction of sp³-hybridized carbons (Fsp3) is 0.360. The first kappa shape index (κ1) is 22.7. The first-order valence-corrected chi connectivity index (χ1v) is 10.9. The van der Waals surface area contributed by atoms with Gasteiger partial charge in [-0.05, 0) is 49.2 Å². The van der Waals surface area contributed by atoms with Crippen LogP contribution in [0.4, 0.5) is 0 Å². The monoisotopic (exact) mass is 453 g/mol. The predicted octanol–water partition coefficient (Wildman–Crippen LogP) is 3.31. The number of fused-ring (bicyclic) bond motifs is 1. The van der Waals surface area contributed by atoms with Crippen LogP contribution in [0.1, 0.15) is 30.5 Å². The van der Waals surface area contributed by atoms with E-state index >= 15 is 0 Å². The molecule has 1 amide bonds. The number of ether oxygens (including phenoxy) is 4. The van der Waals surface area contributed by atoms with E-state index in [1.165, 1.54) is 4.90 Å². The Bertz CT molecular complexity index is 1080. The Hall–Kier alpha value is -3.52. The molecule has 2 aromatic rings. The zero-order valence-corrected chi connectivity index (χ0v) is 18.7. The Morgan fingerprint density at radius 1 is 1.12 bits per heavy atom. The number of likely N-dealkylation sites (tertiary alicyclic amines) is 1. The second-order valence-electron chi connectivity index (χ2n) is 7.70. The Balaban J connectivity index is 1.80. The fourth-order valence-corrected chi connectivity index (χ4v) is 4.12. The largest absolute Gasteiger partial charge is 0.507 e. The SMILES string of the molecule is CCOc1cccc([C@@H]2/C(=C(\O)c3ccc4c(c3)OCCO4)C(=O)C(=O)N2CCCOC)c1. The maximum absolute atomic E-state index is 13.1. The molecule has 0 spiro atoms. The summed E-state index contributed by atoms with van der Waals surface area (Å²) in [5, 5.41) is 11.2. The molecule has 0 radical (unpaired) electrons. The number of hydrogen-bond acceptors (Lipinski definition) is 7. The summed E-state index contributed by atoms with van der Waals surface area (Å²) in [6.45, 7) is 3.95. The van der Waals surface area contributed by atoms with Gasteiger partial charge < -0.3 is 29.0 Å². The standard InChI is InChI=1S/C25H27NO7/c1-3-31-18-7-4-6-16(14-18)22-21(24(28)25(29)26(22)10-5-11-30-2)23(27)17-8-9-19-20(15-17)33-13-12-32-19/h4,6-9,14-15,22,27H,3,5,10-13H2,1-2H3/b23-21+/t22-/m1/s1. The molecule has 0 bridgehead atoms. The van der Waals surface area contributed by atoms with Gasteiger partial charge in [0.25, 0.3) is 11.7 Å². The second-order valence-corrected chi connectivity index (χ2v) is 7.70. The lowest BCUT2D eigenvalue weighted by atomic mass is 9.95. The van der Waals surface area contributed by atoms with Crippen LogP contribution in [-0.4, -0.2) is 61.8 Å². The molecule has 2 heterocycles. The quantitative estimate of drug-likeness (QED) is 0.284. The van der Waals surface area contributed by atoms with Crippen molar-refractivity contribution in [3.8, 4) is 17.2 Å². The molecule has 2 aromatic carbocycles. The van der Waals surface area contributed by atoms with Crippen molar-refractivity contribution in [2.45, 2.75) is 19.4 Å². The van der Waals surface area contributed by atoms with Crippen LogP contribution in [0.5, 0.6) is 17.2 Å². The highest BCUT2D eigenvalue weighted by Crippen LogP contribution is 2.41. The van der Waals surface area contributed by atoms with E-state index in [2.05, 4.69) is 0 Å². The summed E-state index contributed by atoms with van der Waals surface area (Å²) < 4.78 is 21.9. The van der Waals surface area contributed by atoms with E-state index in [0.29, 0.717) is 67.8 Å². The summed E-state index contributed by atoms with van der Waals surface area (Å²) in [5.74, 6) is 0.0279. The Kier molecular flexibility index (Phi) is 6.84.